The van der Waals surface area contributed by atoms with E-state index in [1.165, 1.54) is 12.1 Å². The number of hydrogen-bond acceptors (Lipinski definition) is 5. The molecule has 134 valence electrons. The molecule has 3 rings (SSSR count). The first-order valence-corrected chi connectivity index (χ1v) is 9.28. The van der Waals surface area contributed by atoms with Crippen LogP contribution >= 0.6 is 0 Å². The lowest BCUT2D eigenvalue weighted by Crippen LogP contribution is -2.13. The van der Waals surface area contributed by atoms with E-state index >= 15 is 0 Å². The predicted molar refractivity (Wildman–Crippen MR) is 98.4 cm³/mol. The zero-order chi connectivity index (χ0) is 18.7. The number of aryl methyl sites for hydroxylation is 2. The summed E-state index contributed by atoms with van der Waals surface area (Å²) < 4.78 is 40.2. The summed E-state index contributed by atoms with van der Waals surface area (Å²) in [5.74, 6) is -0.0652. The molecule has 0 amide bonds. The zero-order valence-electron chi connectivity index (χ0n) is 14.2. The van der Waals surface area contributed by atoms with Crippen LogP contribution in [0.25, 0.3) is 0 Å². The fourth-order valence-corrected chi connectivity index (χ4v) is 3.45. The molecule has 8 heteroatoms. The molecule has 0 saturated heterocycles. The minimum absolute atomic E-state index is 0.0186. The van der Waals surface area contributed by atoms with Gasteiger partial charge in [0.2, 0.25) is 5.95 Å². The van der Waals surface area contributed by atoms with Crippen molar-refractivity contribution in [2.75, 3.05) is 10.0 Å². The molecule has 0 aliphatic rings. The Hall–Kier alpha value is -3.00. The molecular formula is C18H17FN4O2S. The van der Waals surface area contributed by atoms with Crippen LogP contribution < -0.4 is 10.0 Å². The van der Waals surface area contributed by atoms with Crippen molar-refractivity contribution in [3.63, 3.8) is 0 Å². The number of nitrogens with one attached hydrogen (secondary N) is 2. The average molecular weight is 372 g/mol. The molecule has 0 spiro atoms. The average Bonchev–Trinajstić information content (AvgIpc) is 2.54. The summed E-state index contributed by atoms with van der Waals surface area (Å²) in [6.45, 7) is 3.74. The van der Waals surface area contributed by atoms with Gasteiger partial charge in [0.1, 0.15) is 5.82 Å². The Morgan fingerprint density at radius 2 is 1.50 bits per heavy atom. The van der Waals surface area contributed by atoms with Crippen molar-refractivity contribution >= 4 is 27.3 Å². The molecule has 0 saturated carbocycles. The molecule has 6 nitrogen and oxygen atoms in total. The van der Waals surface area contributed by atoms with Crippen molar-refractivity contribution in [1.82, 2.24) is 9.97 Å². The number of benzene rings is 2. The molecule has 26 heavy (non-hydrogen) atoms. The second kappa shape index (κ2) is 7.09. The Labute approximate surface area is 151 Å². The lowest BCUT2D eigenvalue weighted by atomic mass is 10.3. The Balaban J connectivity index is 1.82. The zero-order valence-corrected chi connectivity index (χ0v) is 15.0. The van der Waals surface area contributed by atoms with Crippen molar-refractivity contribution < 1.29 is 12.8 Å². The maximum absolute atomic E-state index is 13.0. The SMILES string of the molecule is Cc1cc(C)nc(Nc2cccc(NS(=O)(=O)c3ccc(F)cc3)c2)n1. The number of halogens is 1. The molecule has 0 aliphatic heterocycles. The Morgan fingerprint density at radius 3 is 2.15 bits per heavy atom. The molecule has 2 N–H and O–H groups in total. The van der Waals surface area contributed by atoms with Crippen LogP contribution in [0.5, 0.6) is 0 Å². The molecule has 0 aliphatic carbocycles. The summed E-state index contributed by atoms with van der Waals surface area (Å²) in [6.07, 6.45) is 0. The summed E-state index contributed by atoms with van der Waals surface area (Å²) in [7, 11) is -3.81. The number of hydrogen-bond donors (Lipinski definition) is 2. The van der Waals surface area contributed by atoms with Crippen LogP contribution in [0.4, 0.5) is 21.7 Å². The van der Waals surface area contributed by atoms with Gasteiger partial charge in [-0.15, -0.1) is 0 Å². The lowest BCUT2D eigenvalue weighted by Gasteiger charge is -2.11. The van der Waals surface area contributed by atoms with Crippen molar-refractivity contribution in [1.29, 1.82) is 0 Å². The molecule has 0 fully saturated rings. The fourth-order valence-electron chi connectivity index (χ4n) is 2.40. The first kappa shape index (κ1) is 17.8. The molecule has 0 radical (unpaired) electrons. The number of aromatic nitrogens is 2. The van der Waals surface area contributed by atoms with Gasteiger partial charge in [0.25, 0.3) is 10.0 Å². The van der Waals surface area contributed by atoms with Crippen LogP contribution in [0, 0.1) is 19.7 Å². The summed E-state index contributed by atoms with van der Waals surface area (Å²) in [6, 6.07) is 13.2. The van der Waals surface area contributed by atoms with Gasteiger partial charge < -0.3 is 5.32 Å². The molecule has 0 bridgehead atoms. The van der Waals surface area contributed by atoms with Gasteiger partial charge in [-0.3, -0.25) is 4.72 Å². The van der Waals surface area contributed by atoms with E-state index in [1.807, 2.05) is 19.9 Å². The molecule has 2 aromatic carbocycles. The fraction of sp³-hybridized carbons (Fsp3) is 0.111. The second-order valence-corrected chi connectivity index (χ2v) is 7.42. The molecule has 1 heterocycles. The van der Waals surface area contributed by atoms with E-state index in [0.717, 1.165) is 23.5 Å². The number of sulfonamides is 1. The first-order valence-electron chi connectivity index (χ1n) is 7.80. The predicted octanol–water partition coefficient (Wildman–Crippen LogP) is 3.78. The van der Waals surface area contributed by atoms with Crippen LogP contribution in [-0.2, 0) is 10.0 Å². The quantitative estimate of drug-likeness (QED) is 0.712. The van der Waals surface area contributed by atoms with Gasteiger partial charge in [-0.1, -0.05) is 6.07 Å². The third kappa shape index (κ3) is 4.34. The van der Waals surface area contributed by atoms with Crippen molar-refractivity contribution in [3.8, 4) is 0 Å². The summed E-state index contributed by atoms with van der Waals surface area (Å²) in [5.41, 5.74) is 2.65. The van der Waals surface area contributed by atoms with Gasteiger partial charge in [-0.05, 0) is 62.4 Å². The largest absolute Gasteiger partial charge is 0.324 e. The summed E-state index contributed by atoms with van der Waals surface area (Å²) in [5, 5.41) is 3.05. The molecule has 0 unspecified atom stereocenters. The first-order chi connectivity index (χ1) is 12.3. The molecule has 3 aromatic rings. The van der Waals surface area contributed by atoms with Crippen molar-refractivity contribution in [3.05, 3.63) is 71.8 Å². The van der Waals surface area contributed by atoms with Gasteiger partial charge in [-0.2, -0.15) is 0 Å². The minimum Gasteiger partial charge on any atom is -0.324 e. The van der Waals surface area contributed by atoms with Crippen molar-refractivity contribution in [2.45, 2.75) is 18.7 Å². The van der Waals surface area contributed by atoms with E-state index in [0.29, 0.717) is 17.3 Å². The van der Waals surface area contributed by atoms with E-state index in [2.05, 4.69) is 20.0 Å². The van der Waals surface area contributed by atoms with Crippen LogP contribution in [0.2, 0.25) is 0 Å². The van der Waals surface area contributed by atoms with Crippen LogP contribution in [0.15, 0.2) is 59.5 Å². The highest BCUT2D eigenvalue weighted by Crippen LogP contribution is 2.21. The van der Waals surface area contributed by atoms with E-state index in [4.69, 9.17) is 0 Å². The topological polar surface area (TPSA) is 84.0 Å². The van der Waals surface area contributed by atoms with Crippen LogP contribution in [0.3, 0.4) is 0 Å². The third-order valence-corrected chi connectivity index (χ3v) is 4.87. The van der Waals surface area contributed by atoms with E-state index in [-0.39, 0.29) is 4.90 Å². The molecule has 1 aromatic heterocycles. The molecule has 0 atom stereocenters. The van der Waals surface area contributed by atoms with E-state index in [9.17, 15) is 12.8 Å². The highest BCUT2D eigenvalue weighted by molar-refractivity contribution is 7.92. The Kier molecular flexibility index (Phi) is 4.85. The van der Waals surface area contributed by atoms with Gasteiger partial charge in [0, 0.05) is 17.1 Å². The highest BCUT2D eigenvalue weighted by Gasteiger charge is 2.14. The maximum atomic E-state index is 13.0. The number of anilines is 3. The Bertz CT molecular complexity index is 1020. The monoisotopic (exact) mass is 372 g/mol. The molecular weight excluding hydrogens is 355 g/mol. The maximum Gasteiger partial charge on any atom is 0.261 e. The van der Waals surface area contributed by atoms with Crippen LogP contribution in [-0.4, -0.2) is 18.4 Å². The summed E-state index contributed by atoms with van der Waals surface area (Å²) in [4.78, 5) is 8.57. The second-order valence-electron chi connectivity index (χ2n) is 5.74. The highest BCUT2D eigenvalue weighted by atomic mass is 32.2. The van der Waals surface area contributed by atoms with Gasteiger partial charge in [0.15, 0.2) is 0 Å². The Morgan fingerprint density at radius 1 is 0.885 bits per heavy atom. The van der Waals surface area contributed by atoms with Crippen LogP contribution in [0.1, 0.15) is 11.4 Å². The number of rotatable bonds is 5. The van der Waals surface area contributed by atoms with Gasteiger partial charge >= 0.3 is 0 Å². The standard InChI is InChI=1S/C18H17FN4O2S/c1-12-10-13(2)21-18(20-12)22-15-4-3-5-16(11-15)23-26(24,25)17-8-6-14(19)7-9-17/h3-11,23H,1-2H3,(H,20,21,22). The third-order valence-electron chi connectivity index (χ3n) is 3.48. The normalized spacial score (nSPS) is 11.2. The van der Waals surface area contributed by atoms with Gasteiger partial charge in [-0.25, -0.2) is 22.8 Å². The number of nitrogens with zero attached hydrogens (tertiary/aromatic N) is 2. The van der Waals surface area contributed by atoms with E-state index < -0.39 is 15.8 Å². The van der Waals surface area contributed by atoms with E-state index in [1.54, 1.807) is 24.3 Å². The van der Waals surface area contributed by atoms with Crippen molar-refractivity contribution in [2.24, 2.45) is 0 Å². The van der Waals surface area contributed by atoms with Gasteiger partial charge in [0.05, 0.1) is 10.6 Å². The lowest BCUT2D eigenvalue weighted by molar-refractivity contribution is 0.599. The smallest absolute Gasteiger partial charge is 0.261 e. The summed E-state index contributed by atoms with van der Waals surface area (Å²) >= 11 is 0. The minimum atomic E-state index is -3.81.